The van der Waals surface area contributed by atoms with Crippen LogP contribution in [0.4, 0.5) is 0 Å². The van der Waals surface area contributed by atoms with E-state index in [0.29, 0.717) is 5.65 Å². The first-order valence-corrected chi connectivity index (χ1v) is 5.61. The summed E-state index contributed by atoms with van der Waals surface area (Å²) in [6.45, 7) is -0.344. The highest BCUT2D eigenvalue weighted by Crippen LogP contribution is 2.31. The maximum atomic E-state index is 9.94. The second-order valence-electron chi connectivity index (χ2n) is 4.25. The average Bonchev–Trinajstić information content (AvgIpc) is 2.93. The van der Waals surface area contributed by atoms with Crippen molar-refractivity contribution in [3.63, 3.8) is 0 Å². The van der Waals surface area contributed by atoms with E-state index in [2.05, 4.69) is 9.97 Å². The lowest BCUT2D eigenvalue weighted by Crippen LogP contribution is -2.33. The first-order chi connectivity index (χ1) is 8.72. The molecule has 0 radical (unpaired) electrons. The van der Waals surface area contributed by atoms with Crippen molar-refractivity contribution in [2.45, 2.75) is 24.5 Å². The number of rotatable bonds is 2. The Bertz CT molecular complexity index is 558. The molecule has 2 aromatic rings. The number of aliphatic hydroxyl groups is 3. The molecule has 0 aliphatic carbocycles. The third-order valence-electron chi connectivity index (χ3n) is 3.17. The summed E-state index contributed by atoms with van der Waals surface area (Å²) in [6, 6.07) is 1.80. The van der Waals surface area contributed by atoms with Gasteiger partial charge in [0.15, 0.2) is 6.23 Å². The van der Waals surface area contributed by atoms with Crippen molar-refractivity contribution in [2.75, 3.05) is 6.61 Å². The van der Waals surface area contributed by atoms with Crippen LogP contribution < -0.4 is 0 Å². The zero-order chi connectivity index (χ0) is 12.7. The molecule has 3 N–H and O–H groups in total. The third kappa shape index (κ3) is 1.60. The fraction of sp³-hybridized carbons (Fsp3) is 0.455. The van der Waals surface area contributed by atoms with E-state index in [1.165, 1.54) is 6.33 Å². The Balaban J connectivity index is 2.00. The lowest BCUT2D eigenvalue weighted by molar-refractivity contribution is -0.0508. The normalized spacial score (nSPS) is 32.2. The summed E-state index contributed by atoms with van der Waals surface area (Å²) in [5.74, 6) is 0. The molecule has 0 spiro atoms. The fourth-order valence-electron chi connectivity index (χ4n) is 2.21. The van der Waals surface area contributed by atoms with Gasteiger partial charge in [0.1, 0.15) is 30.3 Å². The van der Waals surface area contributed by atoms with Gasteiger partial charge in [-0.2, -0.15) is 0 Å². The zero-order valence-corrected chi connectivity index (χ0v) is 9.42. The second-order valence-corrected chi connectivity index (χ2v) is 4.25. The molecule has 1 saturated heterocycles. The Labute approximate surface area is 102 Å². The van der Waals surface area contributed by atoms with Gasteiger partial charge in [-0.15, -0.1) is 0 Å². The van der Waals surface area contributed by atoms with Crippen LogP contribution >= 0.6 is 0 Å². The van der Waals surface area contributed by atoms with E-state index in [1.807, 2.05) is 0 Å². The summed E-state index contributed by atoms with van der Waals surface area (Å²) in [4.78, 5) is 8.01. The summed E-state index contributed by atoms with van der Waals surface area (Å²) in [5.41, 5.74) is 0.611. The van der Waals surface area contributed by atoms with Gasteiger partial charge < -0.3 is 24.6 Å². The molecule has 7 heteroatoms. The number of fused-ring (bicyclic) bond motifs is 1. The fourth-order valence-corrected chi connectivity index (χ4v) is 2.21. The molecule has 4 atom stereocenters. The Morgan fingerprint density at radius 2 is 2.17 bits per heavy atom. The first kappa shape index (κ1) is 11.5. The summed E-state index contributed by atoms with van der Waals surface area (Å²) in [7, 11) is 0. The van der Waals surface area contributed by atoms with Crippen LogP contribution in [-0.2, 0) is 4.74 Å². The molecule has 96 valence electrons. The van der Waals surface area contributed by atoms with Gasteiger partial charge in [0.05, 0.1) is 6.61 Å². The van der Waals surface area contributed by atoms with Gasteiger partial charge in [0.25, 0.3) is 0 Å². The van der Waals surface area contributed by atoms with Crippen molar-refractivity contribution in [1.29, 1.82) is 0 Å². The molecular formula is C11H13N3O4. The van der Waals surface area contributed by atoms with E-state index in [-0.39, 0.29) is 6.61 Å². The van der Waals surface area contributed by atoms with Crippen LogP contribution in [0.25, 0.3) is 11.0 Å². The molecule has 0 saturated carbocycles. The number of aromatic nitrogens is 3. The molecule has 1 aliphatic rings. The predicted octanol–water partition coefficient (Wildman–Crippen LogP) is -0.957. The van der Waals surface area contributed by atoms with Crippen molar-refractivity contribution in [1.82, 2.24) is 14.5 Å². The SMILES string of the molecule is OC[C@@H]1O[C@H](n2ccc3cncnc32)[C@H](O)[C@@H]1O. The highest BCUT2D eigenvalue weighted by atomic mass is 16.6. The van der Waals surface area contributed by atoms with Crippen LogP contribution in [0.2, 0.25) is 0 Å². The monoisotopic (exact) mass is 251 g/mol. The molecule has 1 fully saturated rings. The van der Waals surface area contributed by atoms with Crippen LogP contribution in [0.15, 0.2) is 24.8 Å². The minimum Gasteiger partial charge on any atom is -0.394 e. The number of hydrogen-bond acceptors (Lipinski definition) is 6. The van der Waals surface area contributed by atoms with Gasteiger partial charge >= 0.3 is 0 Å². The molecule has 0 bridgehead atoms. The van der Waals surface area contributed by atoms with Gasteiger partial charge in [-0.1, -0.05) is 0 Å². The van der Waals surface area contributed by atoms with Crippen molar-refractivity contribution in [2.24, 2.45) is 0 Å². The van der Waals surface area contributed by atoms with Crippen LogP contribution in [0.5, 0.6) is 0 Å². The molecule has 7 nitrogen and oxygen atoms in total. The van der Waals surface area contributed by atoms with E-state index < -0.39 is 24.5 Å². The van der Waals surface area contributed by atoms with E-state index in [1.54, 1.807) is 23.0 Å². The number of hydrogen-bond donors (Lipinski definition) is 3. The number of ether oxygens (including phenoxy) is 1. The lowest BCUT2D eigenvalue weighted by Gasteiger charge is -2.17. The third-order valence-corrected chi connectivity index (χ3v) is 3.17. The van der Waals surface area contributed by atoms with Crippen molar-refractivity contribution in [3.8, 4) is 0 Å². The second kappa shape index (κ2) is 4.29. The molecule has 3 rings (SSSR count). The van der Waals surface area contributed by atoms with Gasteiger partial charge in [-0.05, 0) is 6.07 Å². The van der Waals surface area contributed by atoms with Gasteiger partial charge in [-0.3, -0.25) is 0 Å². The largest absolute Gasteiger partial charge is 0.394 e. The first-order valence-electron chi connectivity index (χ1n) is 5.61. The Kier molecular flexibility index (Phi) is 2.75. The molecule has 2 aromatic heterocycles. The van der Waals surface area contributed by atoms with Crippen LogP contribution in [0.1, 0.15) is 6.23 Å². The zero-order valence-electron chi connectivity index (χ0n) is 9.42. The minimum atomic E-state index is -1.11. The quantitative estimate of drug-likeness (QED) is 0.635. The van der Waals surface area contributed by atoms with Gasteiger partial charge in [0.2, 0.25) is 0 Å². The van der Waals surface area contributed by atoms with Crippen molar-refractivity contribution in [3.05, 3.63) is 24.8 Å². The Morgan fingerprint density at radius 1 is 1.33 bits per heavy atom. The van der Waals surface area contributed by atoms with E-state index in [4.69, 9.17) is 9.84 Å². The van der Waals surface area contributed by atoms with Crippen LogP contribution in [0, 0.1) is 0 Å². The molecule has 18 heavy (non-hydrogen) atoms. The van der Waals surface area contributed by atoms with Gasteiger partial charge in [0, 0.05) is 17.8 Å². The highest BCUT2D eigenvalue weighted by molar-refractivity contribution is 5.74. The van der Waals surface area contributed by atoms with Crippen LogP contribution in [0.3, 0.4) is 0 Å². The van der Waals surface area contributed by atoms with Gasteiger partial charge in [-0.25, -0.2) is 9.97 Å². The number of nitrogens with zero attached hydrogens (tertiary/aromatic N) is 3. The van der Waals surface area contributed by atoms with E-state index in [0.717, 1.165) is 5.39 Å². The molecular weight excluding hydrogens is 238 g/mol. The van der Waals surface area contributed by atoms with E-state index in [9.17, 15) is 10.2 Å². The highest BCUT2D eigenvalue weighted by Gasteiger charge is 2.43. The molecule has 0 unspecified atom stereocenters. The summed E-state index contributed by atoms with van der Waals surface area (Å²) in [6.07, 6.45) is 1.00. The Morgan fingerprint density at radius 3 is 2.89 bits per heavy atom. The summed E-state index contributed by atoms with van der Waals surface area (Å²) >= 11 is 0. The predicted molar refractivity (Wildman–Crippen MR) is 60.5 cm³/mol. The maximum absolute atomic E-state index is 9.94. The van der Waals surface area contributed by atoms with Crippen LogP contribution in [-0.4, -0.2) is 54.8 Å². The van der Waals surface area contributed by atoms with E-state index >= 15 is 0 Å². The minimum absolute atomic E-state index is 0.344. The molecule has 0 amide bonds. The molecule has 1 aliphatic heterocycles. The summed E-state index contributed by atoms with van der Waals surface area (Å²) in [5, 5.41) is 29.5. The number of aliphatic hydroxyl groups excluding tert-OH is 3. The molecule has 0 aromatic carbocycles. The van der Waals surface area contributed by atoms with Crippen molar-refractivity contribution < 1.29 is 20.1 Å². The lowest BCUT2D eigenvalue weighted by atomic mass is 10.1. The maximum Gasteiger partial charge on any atom is 0.164 e. The smallest absolute Gasteiger partial charge is 0.164 e. The topological polar surface area (TPSA) is 101 Å². The molecule has 3 heterocycles. The summed E-state index contributed by atoms with van der Waals surface area (Å²) < 4.78 is 7.07. The average molecular weight is 251 g/mol. The van der Waals surface area contributed by atoms with Crippen molar-refractivity contribution >= 4 is 11.0 Å². The standard InChI is InChI=1S/C11H13N3O4/c15-4-7-8(16)9(17)11(18-7)14-2-1-6-3-12-5-13-10(6)14/h1-3,5,7-9,11,15-17H,4H2/t7-,8+,9+,11-/m0/s1. The Hall–Kier alpha value is -1.54.